The van der Waals surface area contributed by atoms with Crippen molar-refractivity contribution in [2.75, 3.05) is 51.3 Å². The van der Waals surface area contributed by atoms with E-state index in [1.54, 1.807) is 31.4 Å². The Bertz CT molecular complexity index is 739. The van der Waals surface area contributed by atoms with Crippen molar-refractivity contribution in [3.8, 4) is 11.5 Å². The Morgan fingerprint density at radius 2 is 1.71 bits per heavy atom. The van der Waals surface area contributed by atoms with Gasteiger partial charge in [-0.05, 0) is 54.9 Å². The van der Waals surface area contributed by atoms with Gasteiger partial charge in [0.15, 0.2) is 0 Å². The summed E-state index contributed by atoms with van der Waals surface area (Å²) in [4.78, 5) is 16.8. The number of anilines is 1. The third-order valence-electron chi connectivity index (χ3n) is 5.08. The standard InChI is InChI=1S/C22H29N3O3/c1-28-21-9-5-19(6-10-21)25-15-13-24(14-16-25)12-2-11-23-22(27)17-18-3-7-20(26)8-4-18/h3-10,26H,2,11-17H2,1H3,(H,23,27). The van der Waals surface area contributed by atoms with E-state index in [9.17, 15) is 9.90 Å². The molecule has 0 radical (unpaired) electrons. The molecule has 0 saturated carbocycles. The van der Waals surface area contributed by atoms with Crippen LogP contribution in [0.2, 0.25) is 0 Å². The van der Waals surface area contributed by atoms with E-state index in [4.69, 9.17) is 4.74 Å². The number of phenolic OH excluding ortho intramolecular Hbond substituents is 1. The van der Waals surface area contributed by atoms with Crippen molar-refractivity contribution >= 4 is 11.6 Å². The SMILES string of the molecule is COc1ccc(N2CCN(CCCNC(=O)Cc3ccc(O)cc3)CC2)cc1. The molecule has 0 spiro atoms. The summed E-state index contributed by atoms with van der Waals surface area (Å²) in [6, 6.07) is 15.0. The maximum Gasteiger partial charge on any atom is 0.224 e. The van der Waals surface area contributed by atoms with Crippen LogP contribution in [0.15, 0.2) is 48.5 Å². The maximum atomic E-state index is 12.0. The molecule has 1 amide bonds. The first-order valence-corrected chi connectivity index (χ1v) is 9.80. The third-order valence-corrected chi connectivity index (χ3v) is 5.08. The van der Waals surface area contributed by atoms with Crippen LogP contribution in [0.5, 0.6) is 11.5 Å². The Labute approximate surface area is 166 Å². The smallest absolute Gasteiger partial charge is 0.224 e. The van der Waals surface area contributed by atoms with Crippen molar-refractivity contribution in [3.05, 3.63) is 54.1 Å². The molecule has 0 unspecified atom stereocenters. The van der Waals surface area contributed by atoms with Gasteiger partial charge < -0.3 is 20.1 Å². The van der Waals surface area contributed by atoms with E-state index in [-0.39, 0.29) is 11.7 Å². The molecule has 1 saturated heterocycles. The number of nitrogens with one attached hydrogen (secondary N) is 1. The molecule has 1 heterocycles. The van der Waals surface area contributed by atoms with Crippen LogP contribution in [-0.4, -0.2) is 62.3 Å². The second-order valence-corrected chi connectivity index (χ2v) is 7.07. The van der Waals surface area contributed by atoms with Gasteiger partial charge in [-0.1, -0.05) is 12.1 Å². The first kappa shape index (κ1) is 20.0. The fourth-order valence-corrected chi connectivity index (χ4v) is 3.41. The second-order valence-electron chi connectivity index (χ2n) is 7.07. The number of rotatable bonds is 8. The third kappa shape index (κ3) is 5.89. The van der Waals surface area contributed by atoms with Crippen molar-refractivity contribution in [2.24, 2.45) is 0 Å². The molecule has 1 fully saturated rings. The number of ether oxygens (including phenoxy) is 1. The van der Waals surface area contributed by atoms with Crippen LogP contribution in [0.25, 0.3) is 0 Å². The number of hydrogen-bond donors (Lipinski definition) is 2. The van der Waals surface area contributed by atoms with Gasteiger partial charge in [-0.25, -0.2) is 0 Å². The topological polar surface area (TPSA) is 65.0 Å². The average molecular weight is 383 g/mol. The van der Waals surface area contributed by atoms with E-state index in [0.29, 0.717) is 13.0 Å². The maximum absolute atomic E-state index is 12.0. The predicted molar refractivity (Wildman–Crippen MR) is 111 cm³/mol. The predicted octanol–water partition coefficient (Wildman–Crippen LogP) is 2.27. The molecule has 28 heavy (non-hydrogen) atoms. The number of carbonyl (C=O) groups is 1. The first-order valence-electron chi connectivity index (χ1n) is 9.80. The Hall–Kier alpha value is -2.73. The van der Waals surface area contributed by atoms with E-state index in [0.717, 1.165) is 50.5 Å². The zero-order valence-corrected chi connectivity index (χ0v) is 16.4. The Morgan fingerprint density at radius 1 is 1.04 bits per heavy atom. The lowest BCUT2D eigenvalue weighted by Gasteiger charge is -2.36. The van der Waals surface area contributed by atoms with Crippen LogP contribution in [0.1, 0.15) is 12.0 Å². The highest BCUT2D eigenvalue weighted by Crippen LogP contribution is 2.20. The van der Waals surface area contributed by atoms with E-state index in [1.165, 1.54) is 5.69 Å². The molecule has 150 valence electrons. The average Bonchev–Trinajstić information content (AvgIpc) is 2.73. The van der Waals surface area contributed by atoms with Crippen molar-refractivity contribution in [1.29, 1.82) is 0 Å². The molecule has 0 aromatic heterocycles. The summed E-state index contributed by atoms with van der Waals surface area (Å²) in [5, 5.41) is 12.3. The van der Waals surface area contributed by atoms with E-state index >= 15 is 0 Å². The number of nitrogens with zero attached hydrogens (tertiary/aromatic N) is 2. The molecule has 2 aromatic carbocycles. The van der Waals surface area contributed by atoms with E-state index < -0.39 is 0 Å². The molecule has 0 bridgehead atoms. The highest BCUT2D eigenvalue weighted by atomic mass is 16.5. The molecule has 6 nitrogen and oxygen atoms in total. The molecule has 0 atom stereocenters. The second kappa shape index (κ2) is 9.99. The van der Waals surface area contributed by atoms with Gasteiger partial charge in [0, 0.05) is 38.4 Å². The zero-order valence-electron chi connectivity index (χ0n) is 16.4. The minimum atomic E-state index is 0.0232. The molecule has 1 aliphatic rings. The van der Waals surface area contributed by atoms with Crippen LogP contribution in [0, 0.1) is 0 Å². The molecule has 1 aliphatic heterocycles. The van der Waals surface area contributed by atoms with Crippen LogP contribution < -0.4 is 15.0 Å². The number of benzene rings is 2. The number of methoxy groups -OCH3 is 1. The summed E-state index contributed by atoms with van der Waals surface area (Å²) in [6.07, 6.45) is 1.30. The normalized spacial score (nSPS) is 14.7. The summed E-state index contributed by atoms with van der Waals surface area (Å²) >= 11 is 0. The van der Waals surface area contributed by atoms with Crippen LogP contribution in [-0.2, 0) is 11.2 Å². The van der Waals surface area contributed by atoms with E-state index in [1.807, 2.05) is 12.1 Å². The lowest BCUT2D eigenvalue weighted by atomic mass is 10.1. The molecule has 3 rings (SSSR count). The number of amides is 1. The Kier molecular flexibility index (Phi) is 7.14. The largest absolute Gasteiger partial charge is 0.508 e. The molecular formula is C22H29N3O3. The minimum Gasteiger partial charge on any atom is -0.508 e. The van der Waals surface area contributed by atoms with Gasteiger partial charge in [0.05, 0.1) is 13.5 Å². The van der Waals surface area contributed by atoms with Crippen molar-refractivity contribution in [3.63, 3.8) is 0 Å². The molecule has 2 N–H and O–H groups in total. The highest BCUT2D eigenvalue weighted by Gasteiger charge is 2.16. The lowest BCUT2D eigenvalue weighted by Crippen LogP contribution is -2.47. The summed E-state index contributed by atoms with van der Waals surface area (Å²) in [5.41, 5.74) is 2.15. The summed E-state index contributed by atoms with van der Waals surface area (Å²) in [7, 11) is 1.68. The highest BCUT2D eigenvalue weighted by molar-refractivity contribution is 5.78. The fourth-order valence-electron chi connectivity index (χ4n) is 3.41. The van der Waals surface area contributed by atoms with Crippen LogP contribution in [0.4, 0.5) is 5.69 Å². The lowest BCUT2D eigenvalue weighted by molar-refractivity contribution is -0.120. The number of piperazine rings is 1. The number of aromatic hydroxyl groups is 1. The Balaban J connectivity index is 1.31. The van der Waals surface area contributed by atoms with Crippen molar-refractivity contribution in [2.45, 2.75) is 12.8 Å². The molecule has 6 heteroatoms. The van der Waals surface area contributed by atoms with Crippen molar-refractivity contribution in [1.82, 2.24) is 10.2 Å². The van der Waals surface area contributed by atoms with Gasteiger partial charge >= 0.3 is 0 Å². The molecule has 0 aliphatic carbocycles. The van der Waals surface area contributed by atoms with Gasteiger partial charge in [-0.3, -0.25) is 9.69 Å². The van der Waals surface area contributed by atoms with Gasteiger partial charge in [0.25, 0.3) is 0 Å². The number of carbonyl (C=O) groups excluding carboxylic acids is 1. The Morgan fingerprint density at radius 3 is 2.36 bits per heavy atom. The van der Waals surface area contributed by atoms with Crippen LogP contribution in [0.3, 0.4) is 0 Å². The summed E-state index contributed by atoms with van der Waals surface area (Å²) in [6.45, 7) is 5.78. The molecule has 2 aromatic rings. The van der Waals surface area contributed by atoms with Crippen molar-refractivity contribution < 1.29 is 14.6 Å². The summed E-state index contributed by atoms with van der Waals surface area (Å²) < 4.78 is 5.22. The minimum absolute atomic E-state index is 0.0232. The van der Waals surface area contributed by atoms with Gasteiger partial charge in [0.2, 0.25) is 5.91 Å². The van der Waals surface area contributed by atoms with Gasteiger partial charge in [0.1, 0.15) is 11.5 Å². The van der Waals surface area contributed by atoms with Crippen LogP contribution >= 0.6 is 0 Å². The first-order chi connectivity index (χ1) is 13.6. The van der Waals surface area contributed by atoms with Gasteiger partial charge in [-0.2, -0.15) is 0 Å². The van der Waals surface area contributed by atoms with E-state index in [2.05, 4.69) is 27.2 Å². The van der Waals surface area contributed by atoms with Gasteiger partial charge in [-0.15, -0.1) is 0 Å². The number of hydrogen-bond acceptors (Lipinski definition) is 5. The summed E-state index contributed by atoms with van der Waals surface area (Å²) in [5.74, 6) is 1.13. The number of phenols is 1. The quantitative estimate of drug-likeness (QED) is 0.685. The zero-order chi connectivity index (χ0) is 19.8. The molecular weight excluding hydrogens is 354 g/mol. The fraction of sp³-hybridized carbons (Fsp3) is 0.409. The monoisotopic (exact) mass is 383 g/mol.